The Labute approximate surface area is 212 Å². The maximum Gasteiger partial charge on any atom is 1.00 e. The summed E-state index contributed by atoms with van der Waals surface area (Å²) in [5, 5.41) is 13.4. The third-order valence-electron chi connectivity index (χ3n) is 4.67. The van der Waals surface area contributed by atoms with Gasteiger partial charge in [0.05, 0.1) is 31.6 Å². The SMILES string of the molecule is CC(C)[N-]C(C)C.COc1cc(Br)ccc1[C@H](CC#N)C(=O)N1C(=O)OC[C@@H]1C(C)C.[Li+]. The van der Waals surface area contributed by atoms with E-state index in [4.69, 9.17) is 14.7 Å². The fourth-order valence-corrected chi connectivity index (χ4v) is 3.68. The summed E-state index contributed by atoms with van der Waals surface area (Å²) in [4.78, 5) is 26.2. The molecule has 0 N–H and O–H groups in total. The molecule has 32 heavy (non-hydrogen) atoms. The summed E-state index contributed by atoms with van der Waals surface area (Å²) in [6, 6.07) is 7.94. The molecule has 2 amide bonds. The molecule has 0 bridgehead atoms. The molecule has 2 rings (SSSR count). The molecule has 9 heteroatoms. The number of cyclic esters (lactones) is 1. The van der Waals surface area contributed by atoms with Crippen molar-refractivity contribution in [1.82, 2.24) is 4.90 Å². The van der Waals surface area contributed by atoms with Gasteiger partial charge in [0.25, 0.3) is 0 Å². The van der Waals surface area contributed by atoms with Gasteiger partial charge in [0, 0.05) is 10.0 Å². The minimum absolute atomic E-state index is 0. The molecule has 172 valence electrons. The van der Waals surface area contributed by atoms with E-state index in [9.17, 15) is 9.59 Å². The fourth-order valence-electron chi connectivity index (χ4n) is 3.34. The molecule has 0 radical (unpaired) electrons. The van der Waals surface area contributed by atoms with Crippen molar-refractivity contribution in [3.05, 3.63) is 33.6 Å². The monoisotopic (exact) mass is 501 g/mol. The number of hydrogen-bond donors (Lipinski definition) is 0. The van der Waals surface area contributed by atoms with E-state index in [2.05, 4.69) is 48.9 Å². The number of rotatable bonds is 7. The van der Waals surface area contributed by atoms with E-state index >= 15 is 0 Å². The number of ether oxygens (including phenoxy) is 2. The van der Waals surface area contributed by atoms with Gasteiger partial charge in [-0.3, -0.25) is 4.79 Å². The van der Waals surface area contributed by atoms with Gasteiger partial charge in [-0.15, -0.1) is 12.1 Å². The summed E-state index contributed by atoms with van der Waals surface area (Å²) in [7, 11) is 1.50. The normalized spacial score (nSPS) is 16.1. The second-order valence-electron chi connectivity index (χ2n) is 8.23. The maximum atomic E-state index is 13.0. The second kappa shape index (κ2) is 14.6. The summed E-state index contributed by atoms with van der Waals surface area (Å²) < 4.78 is 11.2. The molecule has 2 atom stereocenters. The zero-order chi connectivity index (χ0) is 23.7. The number of imide groups is 1. The van der Waals surface area contributed by atoms with Crippen LogP contribution >= 0.6 is 15.9 Å². The summed E-state index contributed by atoms with van der Waals surface area (Å²) in [5.74, 6) is -0.662. The van der Waals surface area contributed by atoms with Gasteiger partial charge < -0.3 is 14.8 Å². The molecule has 1 heterocycles. The van der Waals surface area contributed by atoms with Crippen molar-refractivity contribution in [2.24, 2.45) is 5.92 Å². The van der Waals surface area contributed by atoms with Crippen LogP contribution in [-0.4, -0.2) is 48.7 Å². The van der Waals surface area contributed by atoms with E-state index in [1.807, 2.05) is 19.9 Å². The summed E-state index contributed by atoms with van der Waals surface area (Å²) >= 11 is 3.35. The van der Waals surface area contributed by atoms with Gasteiger partial charge in [-0.1, -0.05) is 63.5 Å². The van der Waals surface area contributed by atoms with Crippen molar-refractivity contribution in [2.75, 3.05) is 13.7 Å². The van der Waals surface area contributed by atoms with Crippen molar-refractivity contribution in [2.45, 2.75) is 72.0 Å². The summed E-state index contributed by atoms with van der Waals surface area (Å²) in [6.45, 7) is 12.4. The number of halogens is 1. The average molecular weight is 502 g/mol. The standard InChI is InChI=1S/C17H19BrN2O4.C6H14N.Li/c1-10(2)14-9-24-17(22)20(14)16(21)13(6-7-19)12-5-4-11(18)8-15(12)23-3;1-5(2)7-6(3)4;/h4-5,8,10,13-14H,6,9H2,1-3H3;5-6H,1-4H3;/q;-1;+1/t13-,14+;;/m0../s1. The molecule has 7 nitrogen and oxygen atoms in total. The zero-order valence-corrected chi connectivity index (χ0v) is 22.0. The van der Waals surface area contributed by atoms with Crippen molar-refractivity contribution in [1.29, 1.82) is 5.26 Å². The van der Waals surface area contributed by atoms with Gasteiger partial charge in [-0.05, 0) is 18.1 Å². The average Bonchev–Trinajstić information content (AvgIpc) is 3.07. The Balaban J connectivity index is 0.00000104. The molecule has 0 aliphatic carbocycles. The van der Waals surface area contributed by atoms with Crippen LogP contribution in [0.2, 0.25) is 0 Å². The van der Waals surface area contributed by atoms with Gasteiger partial charge in [0.2, 0.25) is 5.91 Å². The molecule has 1 saturated heterocycles. The van der Waals surface area contributed by atoms with Gasteiger partial charge in [0.15, 0.2) is 0 Å². The molecule has 1 aromatic carbocycles. The van der Waals surface area contributed by atoms with E-state index in [1.165, 1.54) is 7.11 Å². The number of nitrogens with zero attached hydrogens (tertiary/aromatic N) is 3. The molecule has 1 aliphatic heterocycles. The largest absolute Gasteiger partial charge is 1.00 e. The van der Waals surface area contributed by atoms with Gasteiger partial charge in [-0.25, -0.2) is 9.69 Å². The quantitative estimate of drug-likeness (QED) is 0.535. The minimum Gasteiger partial charge on any atom is -0.658 e. The molecule has 0 aromatic heterocycles. The first-order valence-electron chi connectivity index (χ1n) is 10.4. The molecular formula is C23H33BrLiN3O4. The number of hydrogen-bond acceptors (Lipinski definition) is 5. The Bertz CT molecular complexity index is 790. The smallest absolute Gasteiger partial charge is 0.658 e. The molecule has 1 aliphatic rings. The minimum atomic E-state index is -0.787. The molecule has 0 spiro atoms. The van der Waals surface area contributed by atoms with Crippen LogP contribution in [0.4, 0.5) is 4.79 Å². The first kappa shape index (κ1) is 30.5. The summed E-state index contributed by atoms with van der Waals surface area (Å²) in [5.41, 5.74) is 0.578. The molecule has 1 aromatic rings. The van der Waals surface area contributed by atoms with Crippen LogP contribution < -0.4 is 23.6 Å². The van der Waals surface area contributed by atoms with Crippen LogP contribution in [0.25, 0.3) is 5.32 Å². The summed E-state index contributed by atoms with van der Waals surface area (Å²) in [6.07, 6.45) is -0.705. The third kappa shape index (κ3) is 8.79. The van der Waals surface area contributed by atoms with E-state index < -0.39 is 17.9 Å². The second-order valence-corrected chi connectivity index (χ2v) is 9.15. The molecular weight excluding hydrogens is 469 g/mol. The first-order chi connectivity index (χ1) is 14.5. The Hall–Kier alpha value is -1.51. The number of benzene rings is 1. The molecule has 0 unspecified atom stereocenters. The number of nitriles is 1. The van der Waals surface area contributed by atoms with E-state index in [-0.39, 0.29) is 43.8 Å². The Morgan fingerprint density at radius 3 is 2.31 bits per heavy atom. The van der Waals surface area contributed by atoms with Crippen LogP contribution in [0.1, 0.15) is 59.4 Å². The first-order valence-corrected chi connectivity index (χ1v) is 11.2. The van der Waals surface area contributed by atoms with E-state index in [0.29, 0.717) is 23.4 Å². The molecule has 0 saturated carbocycles. The Morgan fingerprint density at radius 2 is 1.88 bits per heavy atom. The Kier molecular flexibility index (Phi) is 13.9. The molecule has 1 fully saturated rings. The van der Waals surface area contributed by atoms with Crippen LogP contribution in [0.3, 0.4) is 0 Å². The van der Waals surface area contributed by atoms with Crippen LogP contribution in [0.15, 0.2) is 22.7 Å². The van der Waals surface area contributed by atoms with Gasteiger partial charge >= 0.3 is 25.0 Å². The number of methoxy groups -OCH3 is 1. The van der Waals surface area contributed by atoms with E-state index in [0.717, 1.165) is 9.37 Å². The predicted octanol–water partition coefficient (Wildman–Crippen LogP) is 2.64. The van der Waals surface area contributed by atoms with Crippen molar-refractivity contribution < 1.29 is 37.9 Å². The number of carbonyl (C=O) groups excluding carboxylic acids is 2. The Morgan fingerprint density at radius 1 is 1.28 bits per heavy atom. The third-order valence-corrected chi connectivity index (χ3v) is 5.17. The number of carbonyl (C=O) groups is 2. The maximum absolute atomic E-state index is 13.0. The predicted molar refractivity (Wildman–Crippen MR) is 124 cm³/mol. The van der Waals surface area contributed by atoms with Crippen LogP contribution in [0.5, 0.6) is 5.75 Å². The van der Waals surface area contributed by atoms with Gasteiger partial charge in [-0.2, -0.15) is 5.26 Å². The van der Waals surface area contributed by atoms with Crippen molar-refractivity contribution in [3.63, 3.8) is 0 Å². The van der Waals surface area contributed by atoms with Crippen LogP contribution in [-0.2, 0) is 9.53 Å². The van der Waals surface area contributed by atoms with Crippen LogP contribution in [0, 0.1) is 17.2 Å². The van der Waals surface area contributed by atoms with Crippen molar-refractivity contribution >= 4 is 27.9 Å². The zero-order valence-electron chi connectivity index (χ0n) is 20.4. The van der Waals surface area contributed by atoms with Crippen molar-refractivity contribution in [3.8, 4) is 11.8 Å². The fraction of sp³-hybridized carbons (Fsp3) is 0.609. The number of amides is 2. The topological polar surface area (TPSA) is 93.7 Å². The van der Waals surface area contributed by atoms with Gasteiger partial charge in [0.1, 0.15) is 12.4 Å². The van der Waals surface area contributed by atoms with E-state index in [1.54, 1.807) is 18.2 Å².